The van der Waals surface area contributed by atoms with Crippen molar-refractivity contribution in [1.29, 1.82) is 0 Å². The highest BCUT2D eigenvalue weighted by atomic mass is 16.7. The molecule has 14 unspecified atom stereocenters. The number of carboxylic acids is 1. The fraction of sp³-hybridized carbons (Fsp3) is 0.952. The van der Waals surface area contributed by atoms with Crippen molar-refractivity contribution >= 4 is 5.97 Å². The Hall–Kier alpha value is -1.09. The summed E-state index contributed by atoms with van der Waals surface area (Å²) in [6, 6.07) is 0. The molecule has 3 aliphatic rings. The fourth-order valence-corrected chi connectivity index (χ4v) is 4.74. The summed E-state index contributed by atoms with van der Waals surface area (Å²) in [5, 5.41) is 101. The van der Waals surface area contributed by atoms with Crippen molar-refractivity contribution in [2.24, 2.45) is 0 Å². The van der Waals surface area contributed by atoms with Gasteiger partial charge in [-0.2, -0.15) is 0 Å². The number of aliphatic hydroxyl groups excluding tert-OH is 8. The van der Waals surface area contributed by atoms with Crippen molar-refractivity contribution in [3.8, 4) is 0 Å². The molecule has 10 N–H and O–H groups in total. The third-order valence-electron chi connectivity index (χ3n) is 6.84. The molecule has 1 saturated carbocycles. The minimum absolute atomic E-state index is 0.394. The molecule has 0 aromatic heterocycles. The van der Waals surface area contributed by atoms with Gasteiger partial charge in [-0.3, -0.25) is 0 Å². The van der Waals surface area contributed by atoms with E-state index in [0.717, 1.165) is 0 Å². The molecule has 3 fully saturated rings. The van der Waals surface area contributed by atoms with Crippen LogP contribution in [0.4, 0.5) is 0 Å². The molecule has 1 aliphatic carbocycles. The molecule has 16 heteroatoms. The van der Waals surface area contributed by atoms with Crippen LogP contribution < -0.4 is 0 Å². The van der Waals surface area contributed by atoms with E-state index >= 15 is 0 Å². The molecule has 0 aromatic carbocycles. The van der Waals surface area contributed by atoms with Crippen LogP contribution in [0.15, 0.2) is 0 Å². The normalized spacial score (nSPS) is 49.1. The number of ether oxygens (including phenoxy) is 5. The largest absolute Gasteiger partial charge is 0.480 e. The highest BCUT2D eigenvalue weighted by Gasteiger charge is 2.53. The van der Waals surface area contributed by atoms with Gasteiger partial charge in [0.05, 0.1) is 37.1 Å². The van der Waals surface area contributed by atoms with Gasteiger partial charge in [-0.05, 0) is 6.92 Å². The predicted molar refractivity (Wildman–Crippen MR) is 115 cm³/mol. The maximum atomic E-state index is 10.9. The maximum absolute atomic E-state index is 10.9. The summed E-state index contributed by atoms with van der Waals surface area (Å²) >= 11 is 0. The molecule has 0 aromatic rings. The Balaban J connectivity index is 1.83. The Morgan fingerprint density at radius 1 is 0.865 bits per heavy atom. The molecule has 2 saturated heterocycles. The van der Waals surface area contributed by atoms with E-state index in [9.17, 15) is 50.8 Å². The highest BCUT2D eigenvalue weighted by molar-refractivity contribution is 5.68. The lowest BCUT2D eigenvalue weighted by atomic mass is 9.79. The molecular formula is C21H36O16. The minimum atomic E-state index is -1.87. The third kappa shape index (κ3) is 6.74. The number of hydrogen-bond acceptors (Lipinski definition) is 15. The quantitative estimate of drug-likeness (QED) is 0.130. The topological polar surface area (TPSA) is 266 Å². The van der Waals surface area contributed by atoms with Crippen molar-refractivity contribution in [3.63, 3.8) is 0 Å². The first-order valence-electron chi connectivity index (χ1n) is 11.8. The Bertz CT molecular complexity index is 756. The molecule has 37 heavy (non-hydrogen) atoms. The Morgan fingerprint density at radius 2 is 1.51 bits per heavy atom. The second kappa shape index (κ2) is 12.4. The van der Waals surface area contributed by atoms with Crippen molar-refractivity contribution in [2.75, 3.05) is 19.8 Å². The maximum Gasteiger partial charge on any atom is 0.329 e. The van der Waals surface area contributed by atoms with Crippen LogP contribution in [0.5, 0.6) is 0 Å². The molecule has 216 valence electrons. The summed E-state index contributed by atoms with van der Waals surface area (Å²) in [6.45, 7) is -1.05. The number of rotatable bonds is 9. The number of carbonyl (C=O) groups is 1. The van der Waals surface area contributed by atoms with Crippen LogP contribution in [0.3, 0.4) is 0 Å². The van der Waals surface area contributed by atoms with Crippen LogP contribution in [0.2, 0.25) is 0 Å². The highest BCUT2D eigenvalue weighted by Crippen LogP contribution is 2.36. The van der Waals surface area contributed by atoms with E-state index in [0.29, 0.717) is 0 Å². The zero-order valence-corrected chi connectivity index (χ0v) is 20.0. The minimum Gasteiger partial charge on any atom is -0.480 e. The molecule has 2 heterocycles. The lowest BCUT2D eigenvalue weighted by Gasteiger charge is -2.48. The van der Waals surface area contributed by atoms with E-state index in [4.69, 9.17) is 28.8 Å². The third-order valence-corrected chi connectivity index (χ3v) is 6.84. The first-order valence-corrected chi connectivity index (χ1v) is 11.8. The van der Waals surface area contributed by atoms with Gasteiger partial charge in [0.1, 0.15) is 55.4 Å². The van der Waals surface area contributed by atoms with E-state index < -0.39 is 124 Å². The summed E-state index contributed by atoms with van der Waals surface area (Å²) in [7, 11) is 0. The standard InChI is InChI=1S/C21H36O16/c1-7-12(27)14(29)15(30)19(34-7)37-17-8(24)2-21(32,6-23)3-9(17)35-20-16(31)18(33-5-11(25)26)13(28)10(4-22)36-20/h7-10,12-20,22-24,27-32H,2-6H2,1H3,(H,25,26). The molecule has 0 radical (unpaired) electrons. The summed E-state index contributed by atoms with van der Waals surface area (Å²) in [5.74, 6) is -1.40. The zero-order chi connectivity index (χ0) is 27.7. The van der Waals surface area contributed by atoms with Gasteiger partial charge in [-0.1, -0.05) is 0 Å². The smallest absolute Gasteiger partial charge is 0.329 e. The number of aliphatic carboxylic acids is 1. The van der Waals surface area contributed by atoms with Crippen LogP contribution >= 0.6 is 0 Å². The average Bonchev–Trinajstić information content (AvgIpc) is 2.84. The van der Waals surface area contributed by atoms with Gasteiger partial charge in [0, 0.05) is 12.8 Å². The van der Waals surface area contributed by atoms with Crippen molar-refractivity contribution in [2.45, 2.75) is 105 Å². The van der Waals surface area contributed by atoms with E-state index in [1.807, 2.05) is 0 Å². The first kappa shape index (κ1) is 30.5. The Labute approximate surface area is 211 Å². The second-order valence-electron chi connectivity index (χ2n) is 9.69. The van der Waals surface area contributed by atoms with Gasteiger partial charge >= 0.3 is 5.97 Å². The van der Waals surface area contributed by atoms with Gasteiger partial charge in [0.15, 0.2) is 12.6 Å². The lowest BCUT2D eigenvalue weighted by molar-refractivity contribution is -0.356. The molecule has 0 bridgehead atoms. The first-order chi connectivity index (χ1) is 17.3. The molecule has 2 aliphatic heterocycles. The molecule has 14 atom stereocenters. The second-order valence-corrected chi connectivity index (χ2v) is 9.69. The van der Waals surface area contributed by atoms with Crippen molar-refractivity contribution < 1.29 is 79.5 Å². The van der Waals surface area contributed by atoms with Crippen molar-refractivity contribution in [3.05, 3.63) is 0 Å². The van der Waals surface area contributed by atoms with Gasteiger partial charge < -0.3 is 74.7 Å². The molecular weight excluding hydrogens is 508 g/mol. The monoisotopic (exact) mass is 544 g/mol. The number of hydrogen-bond donors (Lipinski definition) is 10. The molecule has 0 spiro atoms. The van der Waals surface area contributed by atoms with Gasteiger partial charge in [0.25, 0.3) is 0 Å². The SMILES string of the molecule is CC1OC(OC2C(O)CC(O)(CO)CC2OC2OC(CO)C(O)C(OCC(=O)O)C2O)C(O)C(O)C1O. The Kier molecular flexibility index (Phi) is 10.2. The average molecular weight is 545 g/mol. The van der Waals surface area contributed by atoms with Crippen LogP contribution in [-0.2, 0) is 28.5 Å². The van der Waals surface area contributed by atoms with Gasteiger partial charge in [-0.25, -0.2) is 4.79 Å². The van der Waals surface area contributed by atoms with Crippen molar-refractivity contribution in [1.82, 2.24) is 0 Å². The Morgan fingerprint density at radius 3 is 2.11 bits per heavy atom. The van der Waals surface area contributed by atoms with Crippen LogP contribution in [0, 0.1) is 0 Å². The summed E-state index contributed by atoms with van der Waals surface area (Å²) in [5.41, 5.74) is -1.87. The predicted octanol–water partition coefficient (Wildman–Crippen LogP) is -5.63. The lowest BCUT2D eigenvalue weighted by Crippen LogP contribution is -2.64. The summed E-state index contributed by atoms with van der Waals surface area (Å²) in [6.07, 6.45) is -20.6. The summed E-state index contributed by atoms with van der Waals surface area (Å²) in [4.78, 5) is 10.9. The van der Waals surface area contributed by atoms with E-state index in [2.05, 4.69) is 0 Å². The molecule has 16 nitrogen and oxygen atoms in total. The van der Waals surface area contributed by atoms with Crippen LogP contribution in [0.25, 0.3) is 0 Å². The molecule has 3 rings (SSSR count). The summed E-state index contributed by atoms with van der Waals surface area (Å²) < 4.78 is 27.3. The van der Waals surface area contributed by atoms with Gasteiger partial charge in [-0.15, -0.1) is 0 Å². The number of carboxylic acid groups (broad SMARTS) is 1. The zero-order valence-electron chi connectivity index (χ0n) is 20.0. The van der Waals surface area contributed by atoms with Gasteiger partial charge in [0.2, 0.25) is 0 Å². The van der Waals surface area contributed by atoms with Crippen LogP contribution in [0.1, 0.15) is 19.8 Å². The van der Waals surface area contributed by atoms with E-state index in [-0.39, 0.29) is 0 Å². The fourth-order valence-electron chi connectivity index (χ4n) is 4.74. The van der Waals surface area contributed by atoms with E-state index in [1.54, 1.807) is 0 Å². The molecule has 0 amide bonds. The van der Waals surface area contributed by atoms with E-state index in [1.165, 1.54) is 6.92 Å². The van der Waals surface area contributed by atoms with Crippen LogP contribution in [-0.4, -0.2) is 162 Å². The number of aliphatic hydroxyl groups is 9.